The lowest BCUT2D eigenvalue weighted by Gasteiger charge is -2.34. The van der Waals surface area contributed by atoms with Crippen LogP contribution in [-0.4, -0.2) is 18.5 Å². The van der Waals surface area contributed by atoms with Gasteiger partial charge in [0.05, 0.1) is 0 Å². The molecule has 0 saturated heterocycles. The fraction of sp³-hybridized carbons (Fsp3) is 0.583. The zero-order valence-corrected chi connectivity index (χ0v) is 10.5. The van der Waals surface area contributed by atoms with Crippen molar-refractivity contribution in [1.82, 2.24) is 5.32 Å². The number of guanidine groups is 1. The maximum atomic E-state index is 5.83. The Bertz CT molecular complexity index is 345. The SMILES string of the molecule is CC1CCC1NC(N)=NCCc1cccs1. The van der Waals surface area contributed by atoms with Crippen molar-refractivity contribution < 1.29 is 0 Å². The van der Waals surface area contributed by atoms with Gasteiger partial charge in [-0.2, -0.15) is 0 Å². The Morgan fingerprint density at radius 3 is 3.06 bits per heavy atom. The van der Waals surface area contributed by atoms with Gasteiger partial charge in [0.25, 0.3) is 0 Å². The van der Waals surface area contributed by atoms with Crippen LogP contribution in [0.2, 0.25) is 0 Å². The lowest BCUT2D eigenvalue weighted by atomic mass is 9.81. The first kappa shape index (κ1) is 11.5. The average Bonchev–Trinajstić information content (AvgIpc) is 2.77. The summed E-state index contributed by atoms with van der Waals surface area (Å²) < 4.78 is 0. The summed E-state index contributed by atoms with van der Waals surface area (Å²) >= 11 is 1.77. The molecule has 0 bridgehead atoms. The van der Waals surface area contributed by atoms with Gasteiger partial charge in [-0.05, 0) is 30.2 Å². The van der Waals surface area contributed by atoms with Crippen LogP contribution >= 0.6 is 11.3 Å². The fourth-order valence-corrected chi connectivity index (χ4v) is 2.56. The maximum Gasteiger partial charge on any atom is 0.188 e. The van der Waals surface area contributed by atoms with Gasteiger partial charge in [-0.15, -0.1) is 11.3 Å². The van der Waals surface area contributed by atoms with Gasteiger partial charge in [0, 0.05) is 23.9 Å². The van der Waals surface area contributed by atoms with E-state index in [0.717, 1.165) is 18.9 Å². The van der Waals surface area contributed by atoms with Crippen LogP contribution < -0.4 is 11.1 Å². The van der Waals surface area contributed by atoms with E-state index in [1.807, 2.05) is 0 Å². The molecule has 4 heteroatoms. The highest BCUT2D eigenvalue weighted by Gasteiger charge is 2.26. The van der Waals surface area contributed by atoms with E-state index in [2.05, 4.69) is 34.7 Å². The number of hydrogen-bond donors (Lipinski definition) is 2. The highest BCUT2D eigenvalue weighted by atomic mass is 32.1. The molecule has 0 aromatic carbocycles. The van der Waals surface area contributed by atoms with E-state index in [1.165, 1.54) is 17.7 Å². The summed E-state index contributed by atoms with van der Waals surface area (Å²) in [4.78, 5) is 5.71. The molecule has 2 atom stereocenters. The number of nitrogens with one attached hydrogen (secondary N) is 1. The second kappa shape index (κ2) is 5.34. The molecule has 0 spiro atoms. The lowest BCUT2D eigenvalue weighted by molar-refractivity contribution is 0.257. The number of thiophene rings is 1. The van der Waals surface area contributed by atoms with Crippen LogP contribution in [0.5, 0.6) is 0 Å². The summed E-state index contributed by atoms with van der Waals surface area (Å²) in [6, 6.07) is 4.75. The minimum atomic E-state index is 0.547. The average molecular weight is 237 g/mol. The van der Waals surface area contributed by atoms with E-state index in [1.54, 1.807) is 11.3 Å². The molecule has 1 aliphatic rings. The second-order valence-corrected chi connectivity index (χ2v) is 5.43. The number of rotatable bonds is 4. The molecule has 0 aliphatic heterocycles. The van der Waals surface area contributed by atoms with Crippen molar-refractivity contribution in [2.24, 2.45) is 16.6 Å². The number of nitrogens with zero attached hydrogens (tertiary/aromatic N) is 1. The van der Waals surface area contributed by atoms with Gasteiger partial charge < -0.3 is 11.1 Å². The number of hydrogen-bond acceptors (Lipinski definition) is 2. The summed E-state index contributed by atoms with van der Waals surface area (Å²) in [5.74, 6) is 1.35. The quantitative estimate of drug-likeness (QED) is 0.621. The van der Waals surface area contributed by atoms with Gasteiger partial charge in [-0.3, -0.25) is 4.99 Å². The first-order valence-electron chi connectivity index (χ1n) is 5.84. The van der Waals surface area contributed by atoms with Crippen molar-refractivity contribution in [3.63, 3.8) is 0 Å². The molecule has 2 unspecified atom stereocenters. The Labute approximate surface area is 101 Å². The van der Waals surface area contributed by atoms with Gasteiger partial charge in [0.15, 0.2) is 5.96 Å². The first-order valence-corrected chi connectivity index (χ1v) is 6.72. The third-order valence-corrected chi connectivity index (χ3v) is 4.11. The molecular formula is C12H19N3S. The van der Waals surface area contributed by atoms with Gasteiger partial charge >= 0.3 is 0 Å². The summed E-state index contributed by atoms with van der Waals surface area (Å²) in [6.07, 6.45) is 3.52. The third kappa shape index (κ3) is 2.98. The highest BCUT2D eigenvalue weighted by Crippen LogP contribution is 2.25. The van der Waals surface area contributed by atoms with E-state index in [4.69, 9.17) is 5.73 Å². The van der Waals surface area contributed by atoms with Gasteiger partial charge in [-0.25, -0.2) is 0 Å². The molecule has 1 fully saturated rings. The predicted octanol–water partition coefficient (Wildman–Crippen LogP) is 1.99. The summed E-state index contributed by atoms with van der Waals surface area (Å²) in [7, 11) is 0. The predicted molar refractivity (Wildman–Crippen MR) is 69.8 cm³/mol. The zero-order chi connectivity index (χ0) is 11.4. The largest absolute Gasteiger partial charge is 0.370 e. The Kier molecular flexibility index (Phi) is 3.83. The van der Waals surface area contributed by atoms with Crippen LogP contribution in [0.3, 0.4) is 0 Å². The molecule has 1 heterocycles. The smallest absolute Gasteiger partial charge is 0.188 e. The molecule has 3 nitrogen and oxygen atoms in total. The minimum absolute atomic E-state index is 0.547. The van der Waals surface area contributed by atoms with Crippen molar-refractivity contribution in [2.45, 2.75) is 32.2 Å². The molecular weight excluding hydrogens is 218 g/mol. The zero-order valence-electron chi connectivity index (χ0n) is 9.65. The van der Waals surface area contributed by atoms with Gasteiger partial charge in [0.1, 0.15) is 0 Å². The van der Waals surface area contributed by atoms with E-state index in [0.29, 0.717) is 12.0 Å². The molecule has 3 N–H and O–H groups in total. The second-order valence-electron chi connectivity index (χ2n) is 4.40. The summed E-state index contributed by atoms with van der Waals surface area (Å²) in [6.45, 7) is 3.03. The van der Waals surface area contributed by atoms with E-state index in [-0.39, 0.29) is 0 Å². The minimum Gasteiger partial charge on any atom is -0.370 e. The van der Waals surface area contributed by atoms with Crippen LogP contribution in [0.25, 0.3) is 0 Å². The Morgan fingerprint density at radius 1 is 1.62 bits per heavy atom. The maximum absolute atomic E-state index is 5.83. The van der Waals surface area contributed by atoms with Gasteiger partial charge in [-0.1, -0.05) is 13.0 Å². The molecule has 16 heavy (non-hydrogen) atoms. The number of aliphatic imine (C=N–C) groups is 1. The summed E-state index contributed by atoms with van der Waals surface area (Å²) in [5.41, 5.74) is 5.83. The molecule has 1 aliphatic carbocycles. The van der Waals surface area contributed by atoms with Crippen molar-refractivity contribution in [2.75, 3.05) is 6.54 Å². The molecule has 2 rings (SSSR count). The van der Waals surface area contributed by atoms with Crippen LogP contribution in [0, 0.1) is 5.92 Å². The standard InChI is InChI=1S/C12H19N3S/c1-9-4-5-11(9)15-12(13)14-7-6-10-3-2-8-16-10/h2-3,8-9,11H,4-7H2,1H3,(H3,13,14,15). The molecule has 0 amide bonds. The Hall–Kier alpha value is -1.03. The van der Waals surface area contributed by atoms with Crippen LogP contribution in [-0.2, 0) is 6.42 Å². The molecule has 1 aromatic rings. The van der Waals surface area contributed by atoms with Crippen LogP contribution in [0.1, 0.15) is 24.6 Å². The fourth-order valence-electron chi connectivity index (χ4n) is 1.86. The van der Waals surface area contributed by atoms with Gasteiger partial charge in [0.2, 0.25) is 0 Å². The van der Waals surface area contributed by atoms with Crippen molar-refractivity contribution >= 4 is 17.3 Å². The molecule has 88 valence electrons. The molecule has 1 aromatic heterocycles. The first-order chi connectivity index (χ1) is 7.75. The normalized spacial score (nSPS) is 25.2. The monoisotopic (exact) mass is 237 g/mol. The Balaban J connectivity index is 1.70. The van der Waals surface area contributed by atoms with Crippen LogP contribution in [0.4, 0.5) is 0 Å². The number of nitrogens with two attached hydrogens (primary N) is 1. The summed E-state index contributed by atoms with van der Waals surface area (Å²) in [5, 5.41) is 5.37. The van der Waals surface area contributed by atoms with Crippen LogP contribution in [0.15, 0.2) is 22.5 Å². The lowest BCUT2D eigenvalue weighted by Crippen LogP contribution is -2.48. The van der Waals surface area contributed by atoms with E-state index >= 15 is 0 Å². The van der Waals surface area contributed by atoms with Crippen molar-refractivity contribution in [3.8, 4) is 0 Å². The topological polar surface area (TPSA) is 50.4 Å². The van der Waals surface area contributed by atoms with E-state index in [9.17, 15) is 0 Å². The third-order valence-electron chi connectivity index (χ3n) is 3.17. The molecule has 0 radical (unpaired) electrons. The van der Waals surface area contributed by atoms with E-state index < -0.39 is 0 Å². The van der Waals surface area contributed by atoms with Crippen molar-refractivity contribution in [1.29, 1.82) is 0 Å². The molecule has 1 saturated carbocycles. The van der Waals surface area contributed by atoms with Crippen molar-refractivity contribution in [3.05, 3.63) is 22.4 Å². The highest BCUT2D eigenvalue weighted by molar-refractivity contribution is 7.09. The Morgan fingerprint density at radius 2 is 2.50 bits per heavy atom.